The number of halogens is 5. The number of hydrogen-bond acceptors (Lipinski definition) is 4. The van der Waals surface area contributed by atoms with Crippen LogP contribution in [0.4, 0.5) is 22.0 Å². The van der Waals surface area contributed by atoms with Crippen LogP contribution in [-0.4, -0.2) is 14.2 Å². The van der Waals surface area contributed by atoms with Gasteiger partial charge in [-0.05, 0) is 30.7 Å². The van der Waals surface area contributed by atoms with Crippen LogP contribution < -0.4 is 18.6 Å². The molecule has 0 N–H and O–H groups in total. The number of fused-ring (bicyclic) bond motifs is 2. The van der Waals surface area contributed by atoms with Crippen LogP contribution in [0.1, 0.15) is 5.56 Å². The molecule has 0 bridgehead atoms. The summed E-state index contributed by atoms with van der Waals surface area (Å²) >= 11 is 0. The quantitative estimate of drug-likeness (QED) is 0.258. The van der Waals surface area contributed by atoms with Crippen LogP contribution >= 0.6 is 0 Å². The topological polar surface area (TPSA) is 36.9 Å². The van der Waals surface area contributed by atoms with Crippen LogP contribution in [0.3, 0.4) is 0 Å². The highest BCUT2D eigenvalue weighted by Gasteiger charge is 2.54. The fraction of sp³-hybridized carbons (Fsp3) is 0.100. The van der Waals surface area contributed by atoms with Crippen molar-refractivity contribution in [2.45, 2.75) is 12.1 Å². The second-order valence-electron chi connectivity index (χ2n) is 7.02. The molecule has 5 rings (SSSR count). The van der Waals surface area contributed by atoms with Crippen molar-refractivity contribution in [3.8, 4) is 23.0 Å². The van der Waals surface area contributed by atoms with Crippen molar-refractivity contribution in [3.63, 3.8) is 0 Å². The van der Waals surface area contributed by atoms with Gasteiger partial charge in [-0.15, -0.1) is 0 Å². The number of hydrogen-bond donors (Lipinski definition) is 0. The Labute approximate surface area is 173 Å². The lowest BCUT2D eigenvalue weighted by molar-refractivity contribution is 0.367. The van der Waals surface area contributed by atoms with Gasteiger partial charge in [-0.1, -0.05) is 24.3 Å². The summed E-state index contributed by atoms with van der Waals surface area (Å²) in [6.45, 7) is 0. The molecule has 2 heterocycles. The van der Waals surface area contributed by atoms with Crippen molar-refractivity contribution in [1.82, 2.24) is 0 Å². The van der Waals surface area contributed by atoms with E-state index in [1.165, 1.54) is 0 Å². The van der Waals surface area contributed by atoms with Gasteiger partial charge in [0.05, 0.1) is 5.72 Å². The minimum absolute atomic E-state index is 0.366. The summed E-state index contributed by atoms with van der Waals surface area (Å²) < 4.78 is 92.6. The van der Waals surface area contributed by atoms with Crippen LogP contribution in [0.15, 0.2) is 48.5 Å². The van der Waals surface area contributed by atoms with E-state index in [1.807, 2.05) is 0 Å². The molecule has 3 aromatic rings. The van der Waals surface area contributed by atoms with Crippen molar-refractivity contribution >= 4 is 14.2 Å². The molecular weight excluding hydrogens is 421 g/mol. The standard InChI is InChI=1S/C20H11B2F5O4/c23-16-10(17(24)19(26)20(27)18(16)25)9-15(21-28-11-5-1-2-6-12(11)29-21)22-30-13-7-3-4-8-14(13)31-22/h1-8,15H,9H2. The van der Waals surface area contributed by atoms with Crippen LogP contribution in [-0.2, 0) is 6.42 Å². The molecule has 0 aromatic heterocycles. The van der Waals surface area contributed by atoms with E-state index in [9.17, 15) is 22.0 Å². The van der Waals surface area contributed by atoms with Gasteiger partial charge >= 0.3 is 14.2 Å². The molecule has 0 spiro atoms. The molecular formula is C20H11B2F5O4. The summed E-state index contributed by atoms with van der Waals surface area (Å²) in [7, 11) is -2.32. The van der Waals surface area contributed by atoms with Crippen molar-refractivity contribution in [3.05, 3.63) is 83.2 Å². The van der Waals surface area contributed by atoms with E-state index < -0.39 is 61.0 Å². The summed E-state index contributed by atoms with van der Waals surface area (Å²) in [4.78, 5) is 0. The van der Waals surface area contributed by atoms with E-state index in [4.69, 9.17) is 18.6 Å². The van der Waals surface area contributed by atoms with Crippen LogP contribution in [0.5, 0.6) is 23.0 Å². The third-order valence-corrected chi connectivity index (χ3v) is 5.11. The van der Waals surface area contributed by atoms with Crippen molar-refractivity contribution in [2.24, 2.45) is 0 Å². The van der Waals surface area contributed by atoms with Crippen LogP contribution in [0.25, 0.3) is 0 Å². The third kappa shape index (κ3) is 3.24. The van der Waals surface area contributed by atoms with Gasteiger partial charge in [0.2, 0.25) is 5.82 Å². The zero-order valence-corrected chi connectivity index (χ0v) is 15.6. The summed E-state index contributed by atoms with van der Waals surface area (Å²) in [5, 5.41) is 0. The lowest BCUT2D eigenvalue weighted by Crippen LogP contribution is -2.46. The average molecular weight is 432 g/mol. The highest BCUT2D eigenvalue weighted by Crippen LogP contribution is 2.42. The molecule has 11 heteroatoms. The Balaban J connectivity index is 1.52. The van der Waals surface area contributed by atoms with E-state index in [2.05, 4.69) is 0 Å². The highest BCUT2D eigenvalue weighted by molar-refractivity contribution is 6.70. The largest absolute Gasteiger partial charge is 0.598 e. The smallest absolute Gasteiger partial charge is 0.523 e. The first-order valence-electron chi connectivity index (χ1n) is 9.29. The van der Waals surface area contributed by atoms with E-state index in [-0.39, 0.29) is 0 Å². The Hall–Kier alpha value is -3.36. The minimum Gasteiger partial charge on any atom is -0.523 e. The second-order valence-corrected chi connectivity index (χ2v) is 7.02. The molecule has 156 valence electrons. The zero-order valence-electron chi connectivity index (χ0n) is 15.6. The molecule has 3 aromatic carbocycles. The predicted molar refractivity (Wildman–Crippen MR) is 101 cm³/mol. The fourth-order valence-electron chi connectivity index (χ4n) is 3.57. The average Bonchev–Trinajstić information content (AvgIpc) is 3.40. The van der Waals surface area contributed by atoms with Gasteiger partial charge < -0.3 is 18.6 Å². The molecule has 2 aliphatic heterocycles. The molecule has 0 unspecified atom stereocenters. The Kier molecular flexibility index (Phi) is 4.68. The molecule has 0 atom stereocenters. The van der Waals surface area contributed by atoms with Gasteiger partial charge in [-0.2, -0.15) is 0 Å². The number of para-hydroxylation sites is 4. The number of rotatable bonds is 4. The predicted octanol–water partition coefficient (Wildman–Crippen LogP) is 4.75. The van der Waals surface area contributed by atoms with E-state index in [0.717, 1.165) is 0 Å². The first-order valence-corrected chi connectivity index (χ1v) is 9.29. The maximum absolute atomic E-state index is 14.4. The lowest BCUT2D eigenvalue weighted by atomic mass is 9.50. The Morgan fingerprint density at radius 2 is 0.871 bits per heavy atom. The molecule has 0 saturated heterocycles. The van der Waals surface area contributed by atoms with Gasteiger partial charge in [-0.3, -0.25) is 0 Å². The summed E-state index contributed by atoms with van der Waals surface area (Å²) in [6.07, 6.45) is -0.664. The number of benzene rings is 3. The van der Waals surface area contributed by atoms with E-state index in [1.54, 1.807) is 48.5 Å². The molecule has 0 amide bonds. The third-order valence-electron chi connectivity index (χ3n) is 5.11. The van der Waals surface area contributed by atoms with Crippen molar-refractivity contribution in [1.29, 1.82) is 0 Å². The summed E-state index contributed by atoms with van der Waals surface area (Å²) in [6, 6.07) is 13.3. The van der Waals surface area contributed by atoms with Gasteiger partial charge in [0.25, 0.3) is 0 Å². The minimum atomic E-state index is -2.23. The molecule has 2 aliphatic rings. The van der Waals surface area contributed by atoms with Crippen molar-refractivity contribution < 1.29 is 40.6 Å². The van der Waals surface area contributed by atoms with Crippen LogP contribution in [0.2, 0.25) is 5.72 Å². The lowest BCUT2D eigenvalue weighted by Gasteiger charge is -2.20. The van der Waals surface area contributed by atoms with Crippen LogP contribution in [0, 0.1) is 29.1 Å². The Bertz CT molecular complexity index is 1040. The van der Waals surface area contributed by atoms with E-state index >= 15 is 0 Å². The van der Waals surface area contributed by atoms with Gasteiger partial charge in [0.15, 0.2) is 23.3 Å². The van der Waals surface area contributed by atoms with E-state index in [0.29, 0.717) is 23.0 Å². The molecule has 31 heavy (non-hydrogen) atoms. The van der Waals surface area contributed by atoms with Gasteiger partial charge in [0.1, 0.15) is 23.0 Å². The maximum atomic E-state index is 14.4. The monoisotopic (exact) mass is 432 g/mol. The Morgan fingerprint density at radius 1 is 0.548 bits per heavy atom. The van der Waals surface area contributed by atoms with Gasteiger partial charge in [-0.25, -0.2) is 22.0 Å². The van der Waals surface area contributed by atoms with Crippen molar-refractivity contribution in [2.75, 3.05) is 0 Å². The molecule has 0 fully saturated rings. The second kappa shape index (κ2) is 7.40. The molecule has 0 saturated carbocycles. The molecule has 0 aliphatic carbocycles. The van der Waals surface area contributed by atoms with Gasteiger partial charge in [0, 0.05) is 5.56 Å². The normalized spacial score (nSPS) is 14.0. The highest BCUT2D eigenvalue weighted by atomic mass is 19.2. The first-order chi connectivity index (χ1) is 14.9. The fourth-order valence-corrected chi connectivity index (χ4v) is 3.57. The summed E-state index contributed by atoms with van der Waals surface area (Å²) in [5.74, 6) is -8.66. The Morgan fingerprint density at radius 3 is 1.23 bits per heavy atom. The molecule has 0 radical (unpaired) electrons. The zero-order chi connectivity index (χ0) is 21.7. The maximum Gasteiger partial charge on any atom is 0.598 e. The SMILES string of the molecule is Fc1c(F)c(F)c(CC(B2Oc3ccccc3O2)B2Oc3ccccc3O2)c(F)c1F. The summed E-state index contributed by atoms with van der Waals surface area (Å²) in [5.41, 5.74) is -2.10. The first kappa shape index (κ1) is 19.6. The molecule has 4 nitrogen and oxygen atoms in total.